The van der Waals surface area contributed by atoms with Crippen LogP contribution in [0.4, 0.5) is 5.69 Å². The van der Waals surface area contributed by atoms with Crippen LogP contribution in [0.3, 0.4) is 0 Å². The largest absolute Gasteiger partial charge is 0.481 e. The first-order valence-corrected chi connectivity index (χ1v) is 9.35. The summed E-state index contributed by atoms with van der Waals surface area (Å²) in [6.07, 6.45) is 0.783. The third-order valence-electron chi connectivity index (χ3n) is 3.49. The van der Waals surface area contributed by atoms with Crippen molar-refractivity contribution in [2.24, 2.45) is 5.41 Å². The van der Waals surface area contributed by atoms with Crippen LogP contribution in [0, 0.1) is 5.41 Å². The summed E-state index contributed by atoms with van der Waals surface area (Å²) in [5.41, 5.74) is -0.299. The molecule has 134 valence electrons. The minimum absolute atomic E-state index is 0.00763. The molecule has 1 amide bonds. The van der Waals surface area contributed by atoms with Gasteiger partial charge in [0.15, 0.2) is 0 Å². The number of anilines is 1. The van der Waals surface area contributed by atoms with Crippen molar-refractivity contribution in [2.75, 3.05) is 17.0 Å². The fourth-order valence-electron chi connectivity index (χ4n) is 1.92. The Morgan fingerprint density at radius 2 is 1.92 bits per heavy atom. The number of aliphatic carboxylic acids is 1. The van der Waals surface area contributed by atoms with E-state index in [2.05, 4.69) is 10.0 Å². The smallest absolute Gasteiger partial charge is 0.309 e. The molecule has 1 aromatic rings. The molecular formula is C16H24N2O5S. The molecule has 0 spiro atoms. The third kappa shape index (κ3) is 6.19. The van der Waals surface area contributed by atoms with Crippen LogP contribution >= 0.6 is 0 Å². The number of rotatable bonds is 9. The molecule has 0 radical (unpaired) electrons. The van der Waals surface area contributed by atoms with E-state index in [1.165, 1.54) is 6.07 Å². The molecule has 0 unspecified atom stereocenters. The highest BCUT2D eigenvalue weighted by Gasteiger charge is 2.26. The van der Waals surface area contributed by atoms with Gasteiger partial charge < -0.3 is 10.4 Å². The Hall–Kier alpha value is -2.09. The van der Waals surface area contributed by atoms with Crippen LogP contribution in [0.1, 0.15) is 44.0 Å². The van der Waals surface area contributed by atoms with Crippen LogP contribution in [-0.2, 0) is 14.8 Å². The lowest BCUT2D eigenvalue weighted by Gasteiger charge is -2.19. The van der Waals surface area contributed by atoms with E-state index in [-0.39, 0.29) is 24.6 Å². The first-order chi connectivity index (χ1) is 11.1. The third-order valence-corrected chi connectivity index (χ3v) is 4.98. The molecular weight excluding hydrogens is 332 g/mol. The van der Waals surface area contributed by atoms with Crippen molar-refractivity contribution in [3.63, 3.8) is 0 Å². The predicted octanol–water partition coefficient (Wildman–Crippen LogP) is 2.07. The number of carboxylic acid groups (broad SMARTS) is 1. The molecule has 0 bridgehead atoms. The number of amides is 1. The molecule has 0 atom stereocenters. The van der Waals surface area contributed by atoms with Crippen LogP contribution < -0.4 is 10.0 Å². The number of benzene rings is 1. The molecule has 0 saturated carbocycles. The summed E-state index contributed by atoms with van der Waals surface area (Å²) in [7, 11) is -3.42. The average Bonchev–Trinajstić information content (AvgIpc) is 2.46. The summed E-state index contributed by atoms with van der Waals surface area (Å²) < 4.78 is 25.9. The molecule has 0 heterocycles. The van der Waals surface area contributed by atoms with Crippen molar-refractivity contribution < 1.29 is 23.1 Å². The predicted molar refractivity (Wildman–Crippen MR) is 92.5 cm³/mol. The van der Waals surface area contributed by atoms with Crippen LogP contribution in [-0.4, -0.2) is 37.7 Å². The molecule has 0 saturated heterocycles. The molecule has 24 heavy (non-hydrogen) atoms. The van der Waals surface area contributed by atoms with Crippen molar-refractivity contribution >= 4 is 27.6 Å². The monoisotopic (exact) mass is 356 g/mol. The van der Waals surface area contributed by atoms with E-state index in [4.69, 9.17) is 5.11 Å². The van der Waals surface area contributed by atoms with E-state index in [1.54, 1.807) is 39.0 Å². The Morgan fingerprint density at radius 3 is 2.50 bits per heavy atom. The first kappa shape index (κ1) is 20.0. The van der Waals surface area contributed by atoms with Gasteiger partial charge in [-0.2, -0.15) is 0 Å². The number of carboxylic acids is 1. The van der Waals surface area contributed by atoms with Gasteiger partial charge in [0, 0.05) is 17.8 Å². The van der Waals surface area contributed by atoms with Crippen molar-refractivity contribution in [3.05, 3.63) is 29.8 Å². The van der Waals surface area contributed by atoms with Gasteiger partial charge >= 0.3 is 5.97 Å². The molecule has 1 rings (SSSR count). The minimum Gasteiger partial charge on any atom is -0.481 e. The SMILES string of the molecule is CCCS(=O)(=O)Nc1cccc(C(=O)NCCC(C)(C)C(=O)O)c1. The maximum absolute atomic E-state index is 12.1. The first-order valence-electron chi connectivity index (χ1n) is 7.69. The molecule has 0 aliphatic heterocycles. The van der Waals surface area contributed by atoms with Gasteiger partial charge in [-0.1, -0.05) is 13.0 Å². The van der Waals surface area contributed by atoms with Crippen LogP contribution in [0.5, 0.6) is 0 Å². The molecule has 1 aromatic carbocycles. The average molecular weight is 356 g/mol. The Kier molecular flexibility index (Phi) is 6.77. The van der Waals surface area contributed by atoms with Crippen molar-refractivity contribution in [1.82, 2.24) is 5.32 Å². The van der Waals surface area contributed by atoms with Crippen molar-refractivity contribution in [2.45, 2.75) is 33.6 Å². The second-order valence-electron chi connectivity index (χ2n) is 6.20. The second kappa shape index (κ2) is 8.14. The molecule has 0 aromatic heterocycles. The van der Waals surface area contributed by atoms with Crippen molar-refractivity contribution in [1.29, 1.82) is 0 Å². The number of carbonyl (C=O) groups is 2. The van der Waals surface area contributed by atoms with Gasteiger partial charge in [0.05, 0.1) is 11.2 Å². The highest BCUT2D eigenvalue weighted by Crippen LogP contribution is 2.19. The van der Waals surface area contributed by atoms with E-state index in [0.717, 1.165) is 0 Å². The van der Waals surface area contributed by atoms with Crippen molar-refractivity contribution in [3.8, 4) is 0 Å². The molecule has 7 nitrogen and oxygen atoms in total. The summed E-state index contributed by atoms with van der Waals surface area (Å²) in [6.45, 7) is 5.15. The Morgan fingerprint density at radius 1 is 1.25 bits per heavy atom. The van der Waals surface area contributed by atoms with Gasteiger partial charge in [-0.15, -0.1) is 0 Å². The van der Waals surface area contributed by atoms with E-state index in [0.29, 0.717) is 17.7 Å². The van der Waals surface area contributed by atoms with Gasteiger partial charge in [0.25, 0.3) is 5.91 Å². The van der Waals surface area contributed by atoms with Gasteiger partial charge in [-0.05, 0) is 44.9 Å². The normalized spacial score (nSPS) is 11.8. The standard InChI is InChI=1S/C16H24N2O5S/c1-4-10-24(22,23)18-13-7-5-6-12(11-13)14(19)17-9-8-16(2,3)15(20)21/h5-7,11,18H,4,8-10H2,1-3H3,(H,17,19)(H,20,21). The quantitative estimate of drug-likeness (QED) is 0.627. The summed E-state index contributed by atoms with van der Waals surface area (Å²) in [5.74, 6) is -1.30. The molecule has 0 aliphatic rings. The Labute approximate surface area is 142 Å². The fraction of sp³-hybridized carbons (Fsp3) is 0.500. The zero-order valence-corrected chi connectivity index (χ0v) is 14.9. The molecule has 0 aliphatic carbocycles. The zero-order valence-electron chi connectivity index (χ0n) is 14.1. The number of sulfonamides is 1. The molecule has 3 N–H and O–H groups in total. The van der Waals surface area contributed by atoms with Gasteiger partial charge in [-0.3, -0.25) is 14.3 Å². The maximum atomic E-state index is 12.1. The number of carbonyl (C=O) groups excluding carboxylic acids is 1. The lowest BCUT2D eigenvalue weighted by Crippen LogP contribution is -2.32. The Balaban J connectivity index is 2.69. The second-order valence-corrected chi connectivity index (χ2v) is 8.04. The molecule has 8 heteroatoms. The van der Waals surface area contributed by atoms with Gasteiger partial charge in [0.2, 0.25) is 10.0 Å². The summed E-state index contributed by atoms with van der Waals surface area (Å²) in [5, 5.41) is 11.7. The summed E-state index contributed by atoms with van der Waals surface area (Å²) >= 11 is 0. The van der Waals surface area contributed by atoms with Crippen LogP contribution in [0.2, 0.25) is 0 Å². The lowest BCUT2D eigenvalue weighted by atomic mass is 9.90. The van der Waals surface area contributed by atoms with Crippen LogP contribution in [0.15, 0.2) is 24.3 Å². The lowest BCUT2D eigenvalue weighted by molar-refractivity contribution is -0.147. The highest BCUT2D eigenvalue weighted by molar-refractivity contribution is 7.92. The van der Waals surface area contributed by atoms with Crippen LogP contribution in [0.25, 0.3) is 0 Å². The summed E-state index contributed by atoms with van der Waals surface area (Å²) in [4.78, 5) is 23.1. The summed E-state index contributed by atoms with van der Waals surface area (Å²) in [6, 6.07) is 6.16. The number of hydrogen-bond acceptors (Lipinski definition) is 4. The zero-order chi connectivity index (χ0) is 18.4. The van der Waals surface area contributed by atoms with E-state index in [1.807, 2.05) is 0 Å². The van der Waals surface area contributed by atoms with Gasteiger partial charge in [0.1, 0.15) is 0 Å². The highest BCUT2D eigenvalue weighted by atomic mass is 32.2. The number of nitrogens with one attached hydrogen (secondary N) is 2. The number of hydrogen-bond donors (Lipinski definition) is 3. The molecule has 0 fully saturated rings. The Bertz CT molecular complexity index is 698. The van der Waals surface area contributed by atoms with E-state index < -0.39 is 21.4 Å². The maximum Gasteiger partial charge on any atom is 0.309 e. The van der Waals surface area contributed by atoms with E-state index >= 15 is 0 Å². The van der Waals surface area contributed by atoms with E-state index in [9.17, 15) is 18.0 Å². The van der Waals surface area contributed by atoms with Gasteiger partial charge in [-0.25, -0.2) is 8.42 Å². The minimum atomic E-state index is -3.42. The topological polar surface area (TPSA) is 113 Å². The fourth-order valence-corrected chi connectivity index (χ4v) is 3.05.